The van der Waals surface area contributed by atoms with Gasteiger partial charge in [0.15, 0.2) is 5.78 Å². The molecule has 1 saturated heterocycles. The summed E-state index contributed by atoms with van der Waals surface area (Å²) in [7, 11) is 0. The predicted molar refractivity (Wildman–Crippen MR) is 93.5 cm³/mol. The van der Waals surface area contributed by atoms with E-state index in [1.807, 2.05) is 48.5 Å². The summed E-state index contributed by atoms with van der Waals surface area (Å²) in [6.07, 6.45) is 2.37. The lowest BCUT2D eigenvalue weighted by Gasteiger charge is -2.11. The van der Waals surface area contributed by atoms with Crippen LogP contribution in [0.15, 0.2) is 48.5 Å². The number of carbonyl (C=O) groups excluding carboxylic acids is 1. The zero-order valence-electron chi connectivity index (χ0n) is 12.1. The second-order valence-corrected chi connectivity index (χ2v) is 6.55. The number of hydrogen-bond acceptors (Lipinski definition) is 3. The highest BCUT2D eigenvalue weighted by Crippen LogP contribution is 2.18. The van der Waals surface area contributed by atoms with E-state index in [0.29, 0.717) is 17.7 Å². The van der Waals surface area contributed by atoms with Gasteiger partial charge in [-0.2, -0.15) is 0 Å². The number of halogens is 1. The number of rotatable bonds is 5. The van der Waals surface area contributed by atoms with Crippen molar-refractivity contribution in [3.63, 3.8) is 0 Å². The average Bonchev–Trinajstić information content (AvgIpc) is 3.07. The fraction of sp³-hybridized carbons (Fsp3) is 0.278. The van der Waals surface area contributed by atoms with Crippen molar-refractivity contribution in [2.75, 3.05) is 13.2 Å². The van der Waals surface area contributed by atoms with Crippen LogP contribution >= 0.6 is 22.6 Å². The van der Waals surface area contributed by atoms with Crippen LogP contribution in [-0.4, -0.2) is 25.1 Å². The van der Waals surface area contributed by atoms with Crippen molar-refractivity contribution in [3.8, 4) is 5.75 Å². The van der Waals surface area contributed by atoms with Gasteiger partial charge in [-0.1, -0.05) is 0 Å². The van der Waals surface area contributed by atoms with Gasteiger partial charge in [0.05, 0.1) is 6.10 Å². The lowest BCUT2D eigenvalue weighted by molar-refractivity contribution is 0.0679. The molecule has 0 saturated carbocycles. The molecule has 2 aromatic carbocycles. The Morgan fingerprint density at radius 3 is 2.32 bits per heavy atom. The Kier molecular flexibility index (Phi) is 5.10. The van der Waals surface area contributed by atoms with E-state index in [4.69, 9.17) is 9.47 Å². The van der Waals surface area contributed by atoms with Gasteiger partial charge in [0, 0.05) is 21.3 Å². The van der Waals surface area contributed by atoms with Crippen LogP contribution in [0.4, 0.5) is 0 Å². The molecule has 1 aliphatic heterocycles. The molecule has 1 heterocycles. The van der Waals surface area contributed by atoms with Gasteiger partial charge in [-0.25, -0.2) is 0 Å². The summed E-state index contributed by atoms with van der Waals surface area (Å²) in [4.78, 5) is 12.4. The number of hydrogen-bond donors (Lipinski definition) is 0. The van der Waals surface area contributed by atoms with Crippen molar-refractivity contribution >= 4 is 28.4 Å². The minimum Gasteiger partial charge on any atom is -0.491 e. The van der Waals surface area contributed by atoms with Crippen LogP contribution in [0.25, 0.3) is 0 Å². The SMILES string of the molecule is O=C(c1ccc(I)cc1)c1ccc(OCC2CCCO2)cc1. The third-order valence-electron chi connectivity index (χ3n) is 3.68. The minimum atomic E-state index is 0.0297. The highest BCUT2D eigenvalue weighted by atomic mass is 127. The number of ketones is 1. The molecule has 0 amide bonds. The largest absolute Gasteiger partial charge is 0.491 e. The number of benzene rings is 2. The van der Waals surface area contributed by atoms with Crippen LogP contribution in [0, 0.1) is 3.57 Å². The van der Waals surface area contributed by atoms with Crippen molar-refractivity contribution in [2.45, 2.75) is 18.9 Å². The number of ether oxygens (including phenoxy) is 2. The highest BCUT2D eigenvalue weighted by Gasteiger charge is 2.16. The molecule has 1 unspecified atom stereocenters. The fourth-order valence-electron chi connectivity index (χ4n) is 2.44. The first kappa shape index (κ1) is 15.5. The summed E-state index contributed by atoms with van der Waals surface area (Å²) < 4.78 is 12.4. The van der Waals surface area contributed by atoms with Crippen LogP contribution in [0.3, 0.4) is 0 Å². The van der Waals surface area contributed by atoms with Crippen molar-refractivity contribution in [1.29, 1.82) is 0 Å². The molecule has 0 aromatic heterocycles. The Bertz CT molecular complexity index is 628. The fourth-order valence-corrected chi connectivity index (χ4v) is 2.80. The Labute approximate surface area is 143 Å². The maximum Gasteiger partial charge on any atom is 0.193 e. The maximum atomic E-state index is 12.4. The molecule has 3 rings (SSSR count). The molecule has 0 bridgehead atoms. The van der Waals surface area contributed by atoms with Crippen molar-refractivity contribution in [3.05, 3.63) is 63.2 Å². The standard InChI is InChI=1S/C18H17IO3/c19-15-7-3-13(4-8-15)18(20)14-5-9-16(10-6-14)22-12-17-2-1-11-21-17/h3-10,17H,1-2,11-12H2. The summed E-state index contributed by atoms with van der Waals surface area (Å²) in [5.74, 6) is 0.803. The molecule has 0 radical (unpaired) electrons. The van der Waals surface area contributed by atoms with Crippen LogP contribution in [0.5, 0.6) is 5.75 Å². The Hall–Kier alpha value is -1.40. The summed E-state index contributed by atoms with van der Waals surface area (Å²) in [5.41, 5.74) is 1.37. The van der Waals surface area contributed by atoms with E-state index in [9.17, 15) is 4.79 Å². The van der Waals surface area contributed by atoms with Gasteiger partial charge in [0.1, 0.15) is 12.4 Å². The third kappa shape index (κ3) is 3.87. The topological polar surface area (TPSA) is 35.5 Å². The summed E-state index contributed by atoms with van der Waals surface area (Å²) in [5, 5.41) is 0. The van der Waals surface area contributed by atoms with Gasteiger partial charge in [-0.3, -0.25) is 4.79 Å². The zero-order valence-corrected chi connectivity index (χ0v) is 14.3. The van der Waals surface area contributed by atoms with Gasteiger partial charge < -0.3 is 9.47 Å². The molecule has 0 aliphatic carbocycles. The van der Waals surface area contributed by atoms with E-state index >= 15 is 0 Å². The maximum absolute atomic E-state index is 12.4. The monoisotopic (exact) mass is 408 g/mol. The molecule has 22 heavy (non-hydrogen) atoms. The average molecular weight is 408 g/mol. The van der Waals surface area contributed by atoms with Crippen molar-refractivity contribution in [2.24, 2.45) is 0 Å². The molecule has 0 spiro atoms. The van der Waals surface area contributed by atoms with E-state index in [-0.39, 0.29) is 11.9 Å². The minimum absolute atomic E-state index is 0.0297. The van der Waals surface area contributed by atoms with Crippen molar-refractivity contribution < 1.29 is 14.3 Å². The van der Waals surface area contributed by atoms with Crippen LogP contribution in [-0.2, 0) is 4.74 Å². The molecule has 2 aromatic rings. The third-order valence-corrected chi connectivity index (χ3v) is 4.40. The normalized spacial score (nSPS) is 17.4. The molecule has 1 aliphatic rings. The predicted octanol–water partition coefficient (Wildman–Crippen LogP) is 4.08. The first-order chi connectivity index (χ1) is 10.7. The van der Waals surface area contributed by atoms with Gasteiger partial charge in [0.2, 0.25) is 0 Å². The lowest BCUT2D eigenvalue weighted by Crippen LogP contribution is -2.16. The van der Waals surface area contributed by atoms with Gasteiger partial charge in [0.25, 0.3) is 0 Å². The van der Waals surface area contributed by atoms with Gasteiger partial charge >= 0.3 is 0 Å². The Morgan fingerprint density at radius 1 is 1.09 bits per heavy atom. The molecule has 1 fully saturated rings. The summed E-state index contributed by atoms with van der Waals surface area (Å²) >= 11 is 2.23. The van der Waals surface area contributed by atoms with Gasteiger partial charge in [-0.15, -0.1) is 0 Å². The van der Waals surface area contributed by atoms with Crippen LogP contribution < -0.4 is 4.74 Å². The number of carbonyl (C=O) groups is 1. The van der Waals surface area contributed by atoms with E-state index in [0.717, 1.165) is 28.8 Å². The van der Waals surface area contributed by atoms with E-state index < -0.39 is 0 Å². The molecule has 1 atom stereocenters. The zero-order chi connectivity index (χ0) is 15.4. The van der Waals surface area contributed by atoms with Crippen molar-refractivity contribution in [1.82, 2.24) is 0 Å². The first-order valence-corrected chi connectivity index (χ1v) is 8.45. The van der Waals surface area contributed by atoms with Gasteiger partial charge in [-0.05, 0) is 84.0 Å². The van der Waals surface area contributed by atoms with E-state index in [1.165, 1.54) is 0 Å². The van der Waals surface area contributed by atoms with Crippen LogP contribution in [0.1, 0.15) is 28.8 Å². The first-order valence-electron chi connectivity index (χ1n) is 7.37. The second kappa shape index (κ2) is 7.24. The molecule has 114 valence electrons. The summed E-state index contributed by atoms with van der Waals surface area (Å²) in [6, 6.07) is 14.9. The Balaban J connectivity index is 1.62. The van der Waals surface area contributed by atoms with Crippen LogP contribution in [0.2, 0.25) is 0 Å². The van der Waals surface area contributed by atoms with E-state index in [1.54, 1.807) is 0 Å². The smallest absolute Gasteiger partial charge is 0.193 e. The quantitative estimate of drug-likeness (QED) is 0.553. The second-order valence-electron chi connectivity index (χ2n) is 5.31. The molecular formula is C18H17IO3. The molecule has 3 nitrogen and oxygen atoms in total. The molecule has 0 N–H and O–H groups in total. The molecule has 4 heteroatoms. The molecular weight excluding hydrogens is 391 g/mol. The highest BCUT2D eigenvalue weighted by molar-refractivity contribution is 14.1. The lowest BCUT2D eigenvalue weighted by atomic mass is 10.0. The summed E-state index contributed by atoms with van der Waals surface area (Å²) in [6.45, 7) is 1.40. The van der Waals surface area contributed by atoms with E-state index in [2.05, 4.69) is 22.6 Å². The Morgan fingerprint density at radius 2 is 1.73 bits per heavy atom.